The summed E-state index contributed by atoms with van der Waals surface area (Å²) in [6.45, 7) is 0.713. The zero-order chi connectivity index (χ0) is 22.9. The lowest BCUT2D eigenvalue weighted by atomic mass is 9.81. The van der Waals surface area contributed by atoms with E-state index in [2.05, 4.69) is 34.2 Å². The third-order valence-corrected chi connectivity index (χ3v) is 7.05. The van der Waals surface area contributed by atoms with Crippen molar-refractivity contribution in [1.29, 1.82) is 5.26 Å². The molecule has 0 spiro atoms. The van der Waals surface area contributed by atoms with Crippen molar-refractivity contribution in [3.8, 4) is 17.2 Å². The van der Waals surface area contributed by atoms with Crippen LogP contribution in [0.4, 0.5) is 5.69 Å². The van der Waals surface area contributed by atoms with Crippen molar-refractivity contribution >= 4 is 11.6 Å². The van der Waals surface area contributed by atoms with Crippen LogP contribution in [0.2, 0.25) is 0 Å². The van der Waals surface area contributed by atoms with Crippen LogP contribution in [0.15, 0.2) is 66.9 Å². The number of aromatic nitrogens is 1. The number of hydrogen-bond donors (Lipinski definition) is 1. The van der Waals surface area contributed by atoms with Crippen molar-refractivity contribution in [2.24, 2.45) is 5.92 Å². The summed E-state index contributed by atoms with van der Waals surface area (Å²) in [6, 6.07) is 21.6. The lowest BCUT2D eigenvalue weighted by molar-refractivity contribution is -0.132. The largest absolute Gasteiger partial charge is 0.394 e. The fourth-order valence-electron chi connectivity index (χ4n) is 5.44. The zero-order valence-corrected chi connectivity index (χ0v) is 18.6. The van der Waals surface area contributed by atoms with Gasteiger partial charge in [0.05, 0.1) is 36.7 Å². The van der Waals surface area contributed by atoms with Gasteiger partial charge >= 0.3 is 0 Å². The maximum absolute atomic E-state index is 13.4. The molecule has 3 aromatic rings. The van der Waals surface area contributed by atoms with E-state index >= 15 is 0 Å². The summed E-state index contributed by atoms with van der Waals surface area (Å²) in [5.41, 5.74) is 5.51. The predicted octanol–water partition coefficient (Wildman–Crippen LogP) is 3.56. The number of carbonyl (C=O) groups excluding carboxylic acids is 1. The normalized spacial score (nSPS) is 21.3. The van der Waals surface area contributed by atoms with E-state index < -0.39 is 0 Å². The summed E-state index contributed by atoms with van der Waals surface area (Å²) in [5.74, 6) is 0.214. The highest BCUT2D eigenvalue weighted by atomic mass is 16.3. The number of carbonyl (C=O) groups is 1. The first kappa shape index (κ1) is 21.2. The van der Waals surface area contributed by atoms with Gasteiger partial charge in [0.2, 0.25) is 5.91 Å². The van der Waals surface area contributed by atoms with Gasteiger partial charge in [-0.2, -0.15) is 5.26 Å². The van der Waals surface area contributed by atoms with Crippen LogP contribution in [-0.4, -0.2) is 47.1 Å². The van der Waals surface area contributed by atoms with Crippen LogP contribution in [0.25, 0.3) is 11.1 Å². The quantitative estimate of drug-likeness (QED) is 0.674. The Labute approximate surface area is 193 Å². The molecule has 1 saturated heterocycles. The highest BCUT2D eigenvalue weighted by Crippen LogP contribution is 2.49. The molecule has 1 aromatic heterocycles. The van der Waals surface area contributed by atoms with Crippen LogP contribution < -0.4 is 4.90 Å². The van der Waals surface area contributed by atoms with Gasteiger partial charge in [0.1, 0.15) is 0 Å². The van der Waals surface area contributed by atoms with Gasteiger partial charge in [0.15, 0.2) is 0 Å². The first-order chi connectivity index (χ1) is 16.1. The van der Waals surface area contributed by atoms with Crippen molar-refractivity contribution in [1.82, 2.24) is 9.88 Å². The second-order valence-electron chi connectivity index (χ2n) is 8.81. The molecule has 0 aliphatic carbocycles. The van der Waals surface area contributed by atoms with Gasteiger partial charge in [0.25, 0.3) is 0 Å². The molecule has 0 radical (unpaired) electrons. The Hall–Kier alpha value is -3.69. The molecule has 0 bridgehead atoms. The molecular formula is C27H26N4O2. The number of amides is 1. The monoisotopic (exact) mass is 438 g/mol. The number of pyridine rings is 1. The van der Waals surface area contributed by atoms with Gasteiger partial charge in [-0.3, -0.25) is 9.78 Å². The topological polar surface area (TPSA) is 80.5 Å². The third-order valence-electron chi connectivity index (χ3n) is 7.05. The number of likely N-dealkylation sites (tertiary alicyclic amines) is 1. The average Bonchev–Trinajstić information content (AvgIpc) is 3.30. The number of nitrogens with zero attached hydrogens (tertiary/aromatic N) is 4. The number of anilines is 1. The number of benzene rings is 2. The van der Waals surface area contributed by atoms with Crippen LogP contribution >= 0.6 is 0 Å². The van der Waals surface area contributed by atoms with E-state index in [-0.39, 0.29) is 36.9 Å². The lowest BCUT2D eigenvalue weighted by Crippen LogP contribution is -2.48. The molecule has 3 heterocycles. The summed E-state index contributed by atoms with van der Waals surface area (Å²) >= 11 is 0. The number of fused-ring (bicyclic) bond motifs is 3. The molecule has 33 heavy (non-hydrogen) atoms. The van der Waals surface area contributed by atoms with Crippen molar-refractivity contribution in [2.75, 3.05) is 25.1 Å². The molecule has 5 rings (SSSR count). The van der Waals surface area contributed by atoms with Crippen LogP contribution in [-0.2, 0) is 11.2 Å². The molecule has 6 heteroatoms. The fourth-order valence-corrected chi connectivity index (χ4v) is 5.44. The van der Waals surface area contributed by atoms with Crippen LogP contribution in [0, 0.1) is 17.2 Å². The molecule has 166 valence electrons. The Bertz CT molecular complexity index is 1220. The summed E-state index contributed by atoms with van der Waals surface area (Å²) < 4.78 is 0. The Morgan fingerprint density at radius 2 is 2.00 bits per heavy atom. The van der Waals surface area contributed by atoms with Gasteiger partial charge in [-0.05, 0) is 59.5 Å². The van der Waals surface area contributed by atoms with Gasteiger partial charge in [0, 0.05) is 37.1 Å². The molecule has 1 amide bonds. The number of aliphatic hydroxyl groups excluding tert-OH is 1. The third kappa shape index (κ3) is 3.75. The first-order valence-corrected chi connectivity index (χ1v) is 11.3. The van der Waals surface area contributed by atoms with E-state index in [1.54, 1.807) is 12.3 Å². The van der Waals surface area contributed by atoms with E-state index in [1.165, 1.54) is 0 Å². The van der Waals surface area contributed by atoms with Gasteiger partial charge < -0.3 is 14.9 Å². The highest BCUT2D eigenvalue weighted by molar-refractivity contribution is 5.80. The maximum atomic E-state index is 13.4. The van der Waals surface area contributed by atoms with E-state index in [0.29, 0.717) is 12.1 Å². The zero-order valence-electron chi connectivity index (χ0n) is 18.6. The average molecular weight is 439 g/mol. The van der Waals surface area contributed by atoms with Crippen molar-refractivity contribution in [3.05, 3.63) is 83.7 Å². The second-order valence-corrected chi connectivity index (χ2v) is 8.81. The second kappa shape index (κ2) is 8.68. The van der Waals surface area contributed by atoms with Gasteiger partial charge in [-0.15, -0.1) is 0 Å². The molecule has 3 atom stereocenters. The Morgan fingerprint density at radius 3 is 2.76 bits per heavy atom. The molecule has 0 saturated carbocycles. The van der Waals surface area contributed by atoms with Crippen LogP contribution in [0.1, 0.15) is 29.3 Å². The standard InChI is InChI=1S/C27H26N4O2/c1-30-24-9-8-20(19-6-4-5-18(13-19)16-28)14-23(24)27-22(25(30)17-32)10-12-31(27)26(33)15-21-7-2-3-11-29-21/h2-9,11,13-14,22,25,27,32H,10,12,15,17H2,1H3/t22-,25+,27-/m0/s1. The minimum atomic E-state index is -0.0938. The smallest absolute Gasteiger partial charge is 0.229 e. The van der Waals surface area contributed by atoms with Crippen LogP contribution in [0.5, 0.6) is 0 Å². The van der Waals surface area contributed by atoms with Gasteiger partial charge in [-0.25, -0.2) is 0 Å². The van der Waals surface area contributed by atoms with Crippen molar-refractivity contribution in [2.45, 2.75) is 24.9 Å². The molecular weight excluding hydrogens is 412 g/mol. The van der Waals surface area contributed by atoms with Crippen LogP contribution in [0.3, 0.4) is 0 Å². The van der Waals surface area contributed by atoms with E-state index in [4.69, 9.17) is 0 Å². The maximum Gasteiger partial charge on any atom is 0.229 e. The SMILES string of the molecule is CN1c2ccc(-c3cccc(C#N)c3)cc2[C@@H]2[C@@H](CCN2C(=O)Cc2ccccn2)[C@H]1CO. The summed E-state index contributed by atoms with van der Waals surface area (Å²) in [7, 11) is 2.02. The Kier molecular flexibility index (Phi) is 5.57. The number of rotatable bonds is 4. The van der Waals surface area contributed by atoms with Crippen molar-refractivity contribution < 1.29 is 9.90 Å². The van der Waals surface area contributed by atoms with Crippen molar-refractivity contribution in [3.63, 3.8) is 0 Å². The minimum Gasteiger partial charge on any atom is -0.394 e. The number of hydrogen-bond acceptors (Lipinski definition) is 5. The van der Waals surface area contributed by atoms with E-state index in [1.807, 2.05) is 48.3 Å². The minimum absolute atomic E-state index is 0.0390. The molecule has 1 N–H and O–H groups in total. The van der Waals surface area contributed by atoms with E-state index in [0.717, 1.165) is 34.5 Å². The van der Waals surface area contributed by atoms with E-state index in [9.17, 15) is 15.2 Å². The molecule has 2 aliphatic heterocycles. The lowest BCUT2D eigenvalue weighted by Gasteiger charge is -2.44. The molecule has 0 unspecified atom stereocenters. The molecule has 2 aliphatic rings. The summed E-state index contributed by atoms with van der Waals surface area (Å²) in [4.78, 5) is 21.8. The molecule has 1 fully saturated rings. The fraction of sp³-hybridized carbons (Fsp3) is 0.296. The molecule has 6 nitrogen and oxygen atoms in total. The number of likely N-dealkylation sites (N-methyl/N-ethyl adjacent to an activating group) is 1. The Balaban J connectivity index is 1.55. The Morgan fingerprint density at radius 1 is 1.15 bits per heavy atom. The van der Waals surface area contributed by atoms with Gasteiger partial charge in [-0.1, -0.05) is 24.3 Å². The molecule has 2 aromatic carbocycles. The predicted molar refractivity (Wildman–Crippen MR) is 126 cm³/mol. The first-order valence-electron chi connectivity index (χ1n) is 11.3. The number of nitriles is 1. The summed E-state index contributed by atoms with van der Waals surface area (Å²) in [5, 5.41) is 19.5. The highest BCUT2D eigenvalue weighted by Gasteiger charge is 2.47. The number of aliphatic hydroxyl groups is 1. The summed E-state index contributed by atoms with van der Waals surface area (Å²) in [6.07, 6.45) is 2.83.